The lowest BCUT2D eigenvalue weighted by atomic mass is 9.88. The van der Waals surface area contributed by atoms with Gasteiger partial charge in [0.15, 0.2) is 0 Å². The van der Waals surface area contributed by atoms with Crippen molar-refractivity contribution < 1.29 is 4.79 Å². The topological polar surface area (TPSA) is 67.5 Å². The zero-order chi connectivity index (χ0) is 11.1. The number of hydrogen-bond acceptors (Lipinski definition) is 2. The van der Waals surface area contributed by atoms with E-state index in [2.05, 4.69) is 10.3 Å². The molecule has 4 heteroatoms. The summed E-state index contributed by atoms with van der Waals surface area (Å²) in [7, 11) is 0. The molecule has 4 nitrogen and oxygen atoms in total. The summed E-state index contributed by atoms with van der Waals surface area (Å²) in [5, 5.41) is 2.70. The molecule has 0 aromatic rings. The van der Waals surface area contributed by atoms with E-state index < -0.39 is 0 Å². The van der Waals surface area contributed by atoms with Crippen LogP contribution in [0.25, 0.3) is 0 Å². The maximum Gasteiger partial charge on any atom is 0.241 e. The van der Waals surface area contributed by atoms with Crippen molar-refractivity contribution in [2.24, 2.45) is 16.6 Å². The fourth-order valence-electron chi connectivity index (χ4n) is 1.94. The highest BCUT2D eigenvalue weighted by molar-refractivity contribution is 5.86. The highest BCUT2D eigenvalue weighted by atomic mass is 16.1. The number of carbonyl (C=O) groups is 1. The molecule has 0 atom stereocenters. The minimum absolute atomic E-state index is 0.0451. The van der Waals surface area contributed by atoms with E-state index in [1.807, 2.05) is 6.92 Å². The van der Waals surface area contributed by atoms with Crippen molar-refractivity contribution in [1.29, 1.82) is 0 Å². The minimum atomic E-state index is -0.0451. The summed E-state index contributed by atoms with van der Waals surface area (Å²) in [5.74, 6) is 1.03. The van der Waals surface area contributed by atoms with Crippen molar-refractivity contribution in [2.75, 3.05) is 13.1 Å². The summed E-state index contributed by atoms with van der Waals surface area (Å²) in [4.78, 5) is 15.3. The Kier molecular flexibility index (Phi) is 5.15. The van der Waals surface area contributed by atoms with Crippen LogP contribution in [0.15, 0.2) is 4.99 Å². The van der Waals surface area contributed by atoms with Crippen LogP contribution in [0.5, 0.6) is 0 Å². The Morgan fingerprint density at radius 2 is 2.07 bits per heavy atom. The van der Waals surface area contributed by atoms with Crippen LogP contribution < -0.4 is 11.1 Å². The van der Waals surface area contributed by atoms with Gasteiger partial charge < -0.3 is 11.1 Å². The number of amidine groups is 1. The van der Waals surface area contributed by atoms with E-state index in [0.29, 0.717) is 18.3 Å². The Morgan fingerprint density at radius 1 is 1.40 bits per heavy atom. The number of likely N-dealkylation sites (N-methyl/N-ethyl adjacent to an activating group) is 1. The summed E-state index contributed by atoms with van der Waals surface area (Å²) in [6, 6.07) is 0. The molecular formula is C11H21N3O. The fourth-order valence-corrected chi connectivity index (χ4v) is 1.94. The van der Waals surface area contributed by atoms with Gasteiger partial charge in [-0.3, -0.25) is 9.79 Å². The maximum absolute atomic E-state index is 11.2. The summed E-state index contributed by atoms with van der Waals surface area (Å²) >= 11 is 0. The molecular weight excluding hydrogens is 190 g/mol. The van der Waals surface area contributed by atoms with Gasteiger partial charge in [-0.05, 0) is 19.8 Å². The van der Waals surface area contributed by atoms with Gasteiger partial charge in [0, 0.05) is 12.5 Å². The Morgan fingerprint density at radius 3 is 2.67 bits per heavy atom. The molecule has 0 bridgehead atoms. The summed E-state index contributed by atoms with van der Waals surface area (Å²) < 4.78 is 0. The van der Waals surface area contributed by atoms with Gasteiger partial charge in [-0.25, -0.2) is 0 Å². The van der Waals surface area contributed by atoms with Crippen LogP contribution in [0.2, 0.25) is 0 Å². The first-order valence-electron chi connectivity index (χ1n) is 5.80. The molecule has 1 aliphatic carbocycles. The molecule has 0 saturated heterocycles. The number of nitrogens with one attached hydrogen (secondary N) is 1. The molecule has 1 saturated carbocycles. The second kappa shape index (κ2) is 6.43. The second-order valence-electron chi connectivity index (χ2n) is 4.03. The molecule has 1 aliphatic rings. The van der Waals surface area contributed by atoms with Gasteiger partial charge in [0.1, 0.15) is 6.54 Å². The van der Waals surface area contributed by atoms with E-state index >= 15 is 0 Å². The maximum atomic E-state index is 11.2. The predicted molar refractivity (Wildman–Crippen MR) is 61.7 cm³/mol. The fraction of sp³-hybridized carbons (Fsp3) is 0.818. The van der Waals surface area contributed by atoms with E-state index in [1.54, 1.807) is 0 Å². The van der Waals surface area contributed by atoms with E-state index in [-0.39, 0.29) is 12.5 Å². The van der Waals surface area contributed by atoms with Crippen LogP contribution in [0, 0.1) is 5.92 Å². The number of nitrogens with zero attached hydrogens (tertiary/aromatic N) is 1. The number of hydrogen-bond donors (Lipinski definition) is 2. The van der Waals surface area contributed by atoms with Gasteiger partial charge in [0.25, 0.3) is 0 Å². The zero-order valence-electron chi connectivity index (χ0n) is 9.46. The molecule has 0 heterocycles. The lowest BCUT2D eigenvalue weighted by Gasteiger charge is -2.20. The third-order valence-corrected chi connectivity index (χ3v) is 2.80. The van der Waals surface area contributed by atoms with Gasteiger partial charge in [0.2, 0.25) is 5.91 Å². The Balaban J connectivity index is 2.33. The van der Waals surface area contributed by atoms with Crippen LogP contribution >= 0.6 is 0 Å². The van der Waals surface area contributed by atoms with E-state index in [1.165, 1.54) is 19.3 Å². The molecule has 0 aliphatic heterocycles. The monoisotopic (exact) mass is 211 g/mol. The highest BCUT2D eigenvalue weighted by Gasteiger charge is 2.16. The predicted octanol–water partition coefficient (Wildman–Crippen LogP) is 1.06. The van der Waals surface area contributed by atoms with Crippen molar-refractivity contribution in [3.05, 3.63) is 0 Å². The van der Waals surface area contributed by atoms with Crippen LogP contribution in [0.4, 0.5) is 0 Å². The Hall–Kier alpha value is -1.06. The lowest BCUT2D eigenvalue weighted by molar-refractivity contribution is -0.119. The number of nitrogens with two attached hydrogens (primary N) is 1. The molecule has 3 N–H and O–H groups in total. The molecule has 15 heavy (non-hydrogen) atoms. The van der Waals surface area contributed by atoms with Crippen LogP contribution in [-0.4, -0.2) is 24.8 Å². The van der Waals surface area contributed by atoms with Crippen LogP contribution in [-0.2, 0) is 4.79 Å². The average molecular weight is 211 g/mol. The summed E-state index contributed by atoms with van der Waals surface area (Å²) in [6.07, 6.45) is 6.04. The van der Waals surface area contributed by atoms with E-state index in [4.69, 9.17) is 5.73 Å². The smallest absolute Gasteiger partial charge is 0.241 e. The molecule has 1 amide bonds. The third-order valence-electron chi connectivity index (χ3n) is 2.80. The largest absolute Gasteiger partial charge is 0.387 e. The first-order chi connectivity index (χ1) is 7.24. The van der Waals surface area contributed by atoms with Crippen molar-refractivity contribution in [1.82, 2.24) is 5.32 Å². The Labute approximate surface area is 91.3 Å². The molecule has 0 spiro atoms. The van der Waals surface area contributed by atoms with Crippen molar-refractivity contribution in [2.45, 2.75) is 39.0 Å². The first kappa shape index (κ1) is 12.0. The summed E-state index contributed by atoms with van der Waals surface area (Å²) in [6.45, 7) is 2.72. The van der Waals surface area contributed by atoms with E-state index in [9.17, 15) is 4.79 Å². The standard InChI is InChI=1S/C11H21N3O/c1-2-13-10(15)8-14-11(12)9-6-4-3-5-7-9/h9H,2-8H2,1H3,(H2,12,14)(H,13,15). The third kappa shape index (κ3) is 4.32. The first-order valence-corrected chi connectivity index (χ1v) is 5.80. The second-order valence-corrected chi connectivity index (χ2v) is 4.03. The summed E-state index contributed by atoms with van der Waals surface area (Å²) in [5.41, 5.74) is 5.86. The molecule has 86 valence electrons. The highest BCUT2D eigenvalue weighted by Crippen LogP contribution is 2.23. The van der Waals surface area contributed by atoms with Crippen molar-refractivity contribution >= 4 is 11.7 Å². The lowest BCUT2D eigenvalue weighted by Crippen LogP contribution is -2.30. The SMILES string of the molecule is CCNC(=O)CN=C(N)C1CCCCC1. The number of aliphatic imine (C=N–C) groups is 1. The van der Waals surface area contributed by atoms with Gasteiger partial charge in [-0.1, -0.05) is 19.3 Å². The quantitative estimate of drug-likeness (QED) is 0.539. The van der Waals surface area contributed by atoms with Gasteiger partial charge in [0.05, 0.1) is 5.84 Å². The number of carbonyl (C=O) groups excluding carboxylic acids is 1. The van der Waals surface area contributed by atoms with Crippen molar-refractivity contribution in [3.63, 3.8) is 0 Å². The van der Waals surface area contributed by atoms with Crippen LogP contribution in [0.3, 0.4) is 0 Å². The normalized spacial score (nSPS) is 18.9. The van der Waals surface area contributed by atoms with Crippen LogP contribution in [0.1, 0.15) is 39.0 Å². The molecule has 0 aromatic heterocycles. The Bertz CT molecular complexity index is 232. The molecule has 1 fully saturated rings. The molecule has 0 radical (unpaired) electrons. The van der Waals surface area contributed by atoms with Gasteiger partial charge in [-0.15, -0.1) is 0 Å². The average Bonchev–Trinajstić information content (AvgIpc) is 2.27. The molecule has 0 aromatic carbocycles. The molecule has 0 unspecified atom stereocenters. The minimum Gasteiger partial charge on any atom is -0.387 e. The van der Waals surface area contributed by atoms with E-state index in [0.717, 1.165) is 12.8 Å². The number of rotatable bonds is 4. The number of amides is 1. The zero-order valence-corrected chi connectivity index (χ0v) is 9.46. The van der Waals surface area contributed by atoms with Gasteiger partial charge in [-0.2, -0.15) is 0 Å². The van der Waals surface area contributed by atoms with Crippen molar-refractivity contribution in [3.8, 4) is 0 Å². The van der Waals surface area contributed by atoms with Gasteiger partial charge >= 0.3 is 0 Å². The molecule has 1 rings (SSSR count).